The van der Waals surface area contributed by atoms with Gasteiger partial charge in [-0.2, -0.15) is 0 Å². The van der Waals surface area contributed by atoms with Crippen molar-refractivity contribution in [3.63, 3.8) is 0 Å². The summed E-state index contributed by atoms with van der Waals surface area (Å²) in [4.78, 5) is 14.2. The van der Waals surface area contributed by atoms with Gasteiger partial charge in [-0.15, -0.1) is 0 Å². The van der Waals surface area contributed by atoms with Crippen LogP contribution in [0.2, 0.25) is 0 Å². The van der Waals surface area contributed by atoms with E-state index in [0.29, 0.717) is 6.10 Å². The number of hydrogen-bond acceptors (Lipinski definition) is 5. The molecule has 0 radical (unpaired) electrons. The fourth-order valence-electron chi connectivity index (χ4n) is 2.51. The summed E-state index contributed by atoms with van der Waals surface area (Å²) in [5.41, 5.74) is 0.259. The third-order valence-electron chi connectivity index (χ3n) is 3.59. The van der Waals surface area contributed by atoms with Gasteiger partial charge in [-0.05, 0) is 31.9 Å². The highest BCUT2D eigenvalue weighted by atomic mass is 16.5. The van der Waals surface area contributed by atoms with Crippen molar-refractivity contribution in [3.05, 3.63) is 23.8 Å². The molecule has 0 unspecified atom stereocenters. The zero-order chi connectivity index (χ0) is 14.5. The van der Waals surface area contributed by atoms with Crippen LogP contribution in [-0.2, 0) is 4.74 Å². The molecule has 0 saturated carbocycles. The van der Waals surface area contributed by atoms with Gasteiger partial charge in [0, 0.05) is 25.8 Å². The van der Waals surface area contributed by atoms with Crippen LogP contribution in [-0.4, -0.2) is 53.2 Å². The van der Waals surface area contributed by atoms with E-state index in [2.05, 4.69) is 4.90 Å². The Labute approximate surface area is 118 Å². The summed E-state index contributed by atoms with van der Waals surface area (Å²) in [7, 11) is 0. The second-order valence-electron chi connectivity index (χ2n) is 5.06. The van der Waals surface area contributed by atoms with E-state index in [4.69, 9.17) is 4.74 Å². The molecule has 1 aromatic carbocycles. The van der Waals surface area contributed by atoms with Crippen molar-refractivity contribution in [3.8, 4) is 11.5 Å². The molecule has 0 bridgehead atoms. The number of hydrogen-bond donors (Lipinski definition) is 2. The molecule has 1 heterocycles. The number of carbonyl (C=O) groups is 1. The lowest BCUT2D eigenvalue weighted by atomic mass is 10.1. The summed E-state index contributed by atoms with van der Waals surface area (Å²) in [5.74, 6) is -0.340. The van der Waals surface area contributed by atoms with Crippen molar-refractivity contribution in [1.29, 1.82) is 0 Å². The van der Waals surface area contributed by atoms with Crippen molar-refractivity contribution < 1.29 is 19.7 Å². The van der Waals surface area contributed by atoms with Gasteiger partial charge in [-0.25, -0.2) is 0 Å². The number of ketones is 1. The number of rotatable bonds is 5. The number of phenolic OH excluding ortho intramolecular Hbond substituents is 2. The SMILES string of the molecule is CCOC1CCN(CC(=O)c2ccc(O)cc2O)CC1. The Kier molecular flexibility index (Phi) is 4.98. The van der Waals surface area contributed by atoms with E-state index in [1.54, 1.807) is 0 Å². The van der Waals surface area contributed by atoms with E-state index < -0.39 is 0 Å². The van der Waals surface area contributed by atoms with Crippen LogP contribution in [0, 0.1) is 0 Å². The number of aromatic hydroxyl groups is 2. The Hall–Kier alpha value is -1.59. The first-order valence-corrected chi connectivity index (χ1v) is 6.99. The van der Waals surface area contributed by atoms with Crippen LogP contribution in [0.25, 0.3) is 0 Å². The molecule has 2 rings (SSSR count). The van der Waals surface area contributed by atoms with Gasteiger partial charge in [0.15, 0.2) is 5.78 Å². The van der Waals surface area contributed by atoms with Crippen LogP contribution < -0.4 is 0 Å². The second-order valence-corrected chi connectivity index (χ2v) is 5.06. The summed E-state index contributed by atoms with van der Waals surface area (Å²) in [5, 5.41) is 18.9. The van der Waals surface area contributed by atoms with E-state index in [1.807, 2.05) is 6.92 Å². The molecule has 0 amide bonds. The van der Waals surface area contributed by atoms with Crippen LogP contribution >= 0.6 is 0 Å². The zero-order valence-corrected chi connectivity index (χ0v) is 11.7. The van der Waals surface area contributed by atoms with Crippen molar-refractivity contribution in [1.82, 2.24) is 4.90 Å². The molecular formula is C15H21NO4. The molecule has 1 aliphatic heterocycles. The van der Waals surface area contributed by atoms with Crippen molar-refractivity contribution in [2.24, 2.45) is 0 Å². The fraction of sp³-hybridized carbons (Fsp3) is 0.533. The first kappa shape index (κ1) is 14.8. The summed E-state index contributed by atoms with van der Waals surface area (Å²) in [6.07, 6.45) is 2.17. The molecule has 2 N–H and O–H groups in total. The molecule has 0 aliphatic carbocycles. The minimum absolute atomic E-state index is 0.0448. The second kappa shape index (κ2) is 6.72. The number of likely N-dealkylation sites (tertiary alicyclic amines) is 1. The van der Waals surface area contributed by atoms with E-state index in [0.717, 1.165) is 32.5 Å². The van der Waals surface area contributed by atoms with Gasteiger partial charge in [0.1, 0.15) is 11.5 Å². The number of phenols is 2. The molecule has 1 saturated heterocycles. The van der Waals surface area contributed by atoms with Crippen molar-refractivity contribution >= 4 is 5.78 Å². The molecule has 0 atom stereocenters. The number of nitrogens with zero attached hydrogens (tertiary/aromatic N) is 1. The number of carbonyl (C=O) groups excluding carboxylic acids is 1. The van der Waals surface area contributed by atoms with Crippen molar-refractivity contribution in [2.75, 3.05) is 26.2 Å². The van der Waals surface area contributed by atoms with Gasteiger partial charge in [0.2, 0.25) is 0 Å². The molecule has 20 heavy (non-hydrogen) atoms. The first-order valence-electron chi connectivity index (χ1n) is 6.99. The lowest BCUT2D eigenvalue weighted by molar-refractivity contribution is 0.0147. The van der Waals surface area contributed by atoms with Crippen molar-refractivity contribution in [2.45, 2.75) is 25.9 Å². The highest BCUT2D eigenvalue weighted by molar-refractivity contribution is 6.00. The van der Waals surface area contributed by atoms with Crippen LogP contribution in [0.4, 0.5) is 0 Å². The average molecular weight is 279 g/mol. The monoisotopic (exact) mass is 279 g/mol. The zero-order valence-electron chi connectivity index (χ0n) is 11.7. The summed E-state index contributed by atoms with van der Waals surface area (Å²) in [6.45, 7) is 4.66. The number of benzene rings is 1. The molecule has 5 nitrogen and oxygen atoms in total. The largest absolute Gasteiger partial charge is 0.508 e. The quantitative estimate of drug-likeness (QED) is 0.804. The third-order valence-corrected chi connectivity index (χ3v) is 3.59. The predicted molar refractivity (Wildman–Crippen MR) is 75.2 cm³/mol. The molecule has 110 valence electrons. The minimum Gasteiger partial charge on any atom is -0.508 e. The third kappa shape index (κ3) is 3.71. The van der Waals surface area contributed by atoms with Gasteiger partial charge in [-0.3, -0.25) is 9.69 Å². The molecule has 1 fully saturated rings. The topological polar surface area (TPSA) is 70.0 Å². The number of Topliss-reactive ketones (excluding diaryl/α,β-unsaturated/α-hetero) is 1. The summed E-state index contributed by atoms with van der Waals surface area (Å²) >= 11 is 0. The van der Waals surface area contributed by atoms with Crippen LogP contribution in [0.3, 0.4) is 0 Å². The maximum atomic E-state index is 12.1. The minimum atomic E-state index is -0.167. The smallest absolute Gasteiger partial charge is 0.180 e. The molecule has 0 spiro atoms. The average Bonchev–Trinajstić information content (AvgIpc) is 2.41. The van der Waals surface area contributed by atoms with Gasteiger partial charge < -0.3 is 14.9 Å². The Bertz CT molecular complexity index is 467. The summed E-state index contributed by atoms with van der Waals surface area (Å²) < 4.78 is 5.57. The van der Waals surface area contributed by atoms with Gasteiger partial charge >= 0.3 is 0 Å². The maximum Gasteiger partial charge on any atom is 0.180 e. The van der Waals surface area contributed by atoms with Crippen LogP contribution in [0.15, 0.2) is 18.2 Å². The molecule has 1 aromatic rings. The predicted octanol–water partition coefficient (Wildman–Crippen LogP) is 1.78. The van der Waals surface area contributed by atoms with E-state index in [-0.39, 0.29) is 29.4 Å². The Morgan fingerprint density at radius 2 is 2.05 bits per heavy atom. The highest BCUT2D eigenvalue weighted by Crippen LogP contribution is 2.23. The van der Waals surface area contributed by atoms with Gasteiger partial charge in [0.25, 0.3) is 0 Å². The maximum absolute atomic E-state index is 12.1. The van der Waals surface area contributed by atoms with Crippen LogP contribution in [0.1, 0.15) is 30.1 Å². The normalized spacial score (nSPS) is 17.2. The number of piperidine rings is 1. The summed E-state index contributed by atoms with van der Waals surface area (Å²) in [6, 6.07) is 4.06. The van der Waals surface area contributed by atoms with E-state index in [9.17, 15) is 15.0 Å². The lowest BCUT2D eigenvalue weighted by Crippen LogP contribution is -2.39. The van der Waals surface area contributed by atoms with E-state index >= 15 is 0 Å². The van der Waals surface area contributed by atoms with E-state index in [1.165, 1.54) is 18.2 Å². The Morgan fingerprint density at radius 3 is 2.65 bits per heavy atom. The van der Waals surface area contributed by atoms with Crippen LogP contribution in [0.5, 0.6) is 11.5 Å². The number of ether oxygens (including phenoxy) is 1. The Balaban J connectivity index is 1.89. The molecule has 5 heteroatoms. The first-order chi connectivity index (χ1) is 9.60. The van der Waals surface area contributed by atoms with Gasteiger partial charge in [-0.1, -0.05) is 0 Å². The molecule has 1 aliphatic rings. The standard InChI is InChI=1S/C15H21NO4/c1-2-20-12-5-7-16(8-6-12)10-15(19)13-4-3-11(17)9-14(13)18/h3-4,9,12,17-18H,2,5-8,10H2,1H3. The molecule has 0 aromatic heterocycles. The Morgan fingerprint density at radius 1 is 1.35 bits per heavy atom. The van der Waals surface area contributed by atoms with Gasteiger partial charge in [0.05, 0.1) is 18.2 Å². The fourth-order valence-corrected chi connectivity index (χ4v) is 2.51. The highest BCUT2D eigenvalue weighted by Gasteiger charge is 2.22. The lowest BCUT2D eigenvalue weighted by Gasteiger charge is -2.31. The molecular weight excluding hydrogens is 258 g/mol.